The summed E-state index contributed by atoms with van der Waals surface area (Å²) in [5.41, 5.74) is -0.912. The van der Waals surface area contributed by atoms with Crippen molar-refractivity contribution in [1.29, 1.82) is 0 Å². The lowest BCUT2D eigenvalue weighted by molar-refractivity contribution is -0.137. The minimum atomic E-state index is -4.58. The molecule has 0 amide bonds. The van der Waals surface area contributed by atoms with Crippen molar-refractivity contribution < 1.29 is 22.3 Å². The largest absolute Gasteiger partial charge is 0.494 e. The van der Waals surface area contributed by atoms with Crippen LogP contribution in [0.4, 0.5) is 17.6 Å². The summed E-state index contributed by atoms with van der Waals surface area (Å²) >= 11 is 0. The Morgan fingerprint density at radius 3 is 2.47 bits per heavy atom. The number of halogens is 4. The molecule has 0 bridgehead atoms. The Bertz CT molecular complexity index is 595. The van der Waals surface area contributed by atoms with Crippen LogP contribution in [0.25, 0.3) is 11.3 Å². The quantitative estimate of drug-likeness (QED) is 0.772. The van der Waals surface area contributed by atoms with E-state index in [2.05, 4.69) is 4.98 Å². The molecule has 0 atom stereocenters. The molecule has 0 saturated carbocycles. The van der Waals surface area contributed by atoms with Crippen LogP contribution >= 0.6 is 0 Å². The Kier molecular flexibility index (Phi) is 3.42. The van der Waals surface area contributed by atoms with Crippen molar-refractivity contribution in [2.45, 2.75) is 6.18 Å². The van der Waals surface area contributed by atoms with E-state index in [-0.39, 0.29) is 11.3 Å². The van der Waals surface area contributed by atoms with Gasteiger partial charge in [-0.1, -0.05) is 0 Å². The van der Waals surface area contributed by atoms with Crippen molar-refractivity contribution in [3.63, 3.8) is 0 Å². The van der Waals surface area contributed by atoms with Crippen molar-refractivity contribution in [2.24, 2.45) is 0 Å². The molecule has 2 aromatic rings. The van der Waals surface area contributed by atoms with Gasteiger partial charge in [0.2, 0.25) is 0 Å². The number of ether oxygens (including phenoxy) is 1. The fourth-order valence-electron chi connectivity index (χ4n) is 1.64. The number of alkyl halides is 3. The van der Waals surface area contributed by atoms with Crippen LogP contribution in [0, 0.1) is 5.82 Å². The van der Waals surface area contributed by atoms with Crippen LogP contribution in [0.3, 0.4) is 0 Å². The molecule has 1 heterocycles. The first-order valence-corrected chi connectivity index (χ1v) is 5.29. The van der Waals surface area contributed by atoms with Crippen LogP contribution < -0.4 is 4.74 Å². The summed E-state index contributed by atoms with van der Waals surface area (Å²) in [5, 5.41) is 0. The monoisotopic (exact) mass is 271 g/mol. The minimum absolute atomic E-state index is 0.0366. The Morgan fingerprint density at radius 2 is 1.89 bits per heavy atom. The van der Waals surface area contributed by atoms with E-state index in [0.717, 1.165) is 12.1 Å². The predicted molar refractivity (Wildman–Crippen MR) is 61.2 cm³/mol. The zero-order valence-corrected chi connectivity index (χ0v) is 9.83. The molecule has 0 radical (unpaired) electrons. The summed E-state index contributed by atoms with van der Waals surface area (Å²) in [5.74, 6) is -0.701. The van der Waals surface area contributed by atoms with Gasteiger partial charge < -0.3 is 4.74 Å². The highest BCUT2D eigenvalue weighted by atomic mass is 19.4. The zero-order valence-electron chi connectivity index (χ0n) is 9.83. The molecule has 2 rings (SSSR count). The van der Waals surface area contributed by atoms with Gasteiger partial charge in [-0.3, -0.25) is 4.98 Å². The van der Waals surface area contributed by atoms with E-state index in [4.69, 9.17) is 4.74 Å². The fourth-order valence-corrected chi connectivity index (χ4v) is 1.64. The van der Waals surface area contributed by atoms with E-state index >= 15 is 0 Å². The average Bonchev–Trinajstić information content (AvgIpc) is 2.37. The van der Waals surface area contributed by atoms with Gasteiger partial charge in [0.15, 0.2) is 0 Å². The van der Waals surface area contributed by atoms with E-state index in [1.165, 1.54) is 13.3 Å². The molecule has 0 N–H and O–H groups in total. The lowest BCUT2D eigenvalue weighted by Crippen LogP contribution is -2.05. The van der Waals surface area contributed by atoms with Crippen molar-refractivity contribution in [3.05, 3.63) is 47.9 Å². The van der Waals surface area contributed by atoms with Crippen LogP contribution in [0.5, 0.6) is 5.75 Å². The van der Waals surface area contributed by atoms with Gasteiger partial charge in [-0.05, 0) is 30.3 Å². The Hall–Kier alpha value is -2.11. The summed E-state index contributed by atoms with van der Waals surface area (Å²) in [6, 6.07) is 5.45. The summed E-state index contributed by atoms with van der Waals surface area (Å²) in [6.07, 6.45) is -3.16. The summed E-state index contributed by atoms with van der Waals surface area (Å²) in [7, 11) is 1.38. The van der Waals surface area contributed by atoms with Gasteiger partial charge in [0.25, 0.3) is 0 Å². The third kappa shape index (κ3) is 2.67. The molecule has 0 aliphatic rings. The van der Waals surface area contributed by atoms with Gasteiger partial charge in [0.1, 0.15) is 17.3 Å². The Morgan fingerprint density at radius 1 is 1.16 bits per heavy atom. The van der Waals surface area contributed by atoms with Crippen molar-refractivity contribution >= 4 is 0 Å². The average molecular weight is 271 g/mol. The lowest BCUT2D eigenvalue weighted by Gasteiger charge is -2.11. The molecule has 0 saturated heterocycles. The fraction of sp³-hybridized carbons (Fsp3) is 0.154. The van der Waals surface area contributed by atoms with Crippen LogP contribution in [-0.2, 0) is 6.18 Å². The zero-order chi connectivity index (χ0) is 14.0. The number of hydrogen-bond acceptors (Lipinski definition) is 2. The molecule has 0 fully saturated rings. The van der Waals surface area contributed by atoms with Gasteiger partial charge in [-0.25, -0.2) is 4.39 Å². The number of nitrogens with zero attached hydrogens (tertiary/aromatic N) is 1. The molecule has 0 aliphatic carbocycles. The topological polar surface area (TPSA) is 22.1 Å². The van der Waals surface area contributed by atoms with Crippen molar-refractivity contribution in [1.82, 2.24) is 4.98 Å². The SMILES string of the molecule is COc1cccnc1-c1ccc(C(F)(F)F)cc1F. The number of aromatic nitrogens is 1. The Balaban J connectivity index is 2.53. The van der Waals surface area contributed by atoms with Gasteiger partial charge in [-0.15, -0.1) is 0 Å². The summed E-state index contributed by atoms with van der Waals surface area (Å²) in [4.78, 5) is 3.93. The maximum absolute atomic E-state index is 13.8. The van der Waals surface area contributed by atoms with Gasteiger partial charge in [0, 0.05) is 11.8 Å². The first kappa shape index (κ1) is 13.3. The smallest absolute Gasteiger partial charge is 0.416 e. The molecular formula is C13H9F4NO. The molecule has 0 spiro atoms. The maximum atomic E-state index is 13.8. The predicted octanol–water partition coefficient (Wildman–Crippen LogP) is 3.92. The number of pyridine rings is 1. The molecule has 2 nitrogen and oxygen atoms in total. The molecular weight excluding hydrogens is 262 g/mol. The second kappa shape index (κ2) is 4.87. The highest BCUT2D eigenvalue weighted by Gasteiger charge is 2.31. The van der Waals surface area contributed by atoms with Crippen LogP contribution in [0.1, 0.15) is 5.56 Å². The first-order valence-electron chi connectivity index (χ1n) is 5.29. The molecule has 19 heavy (non-hydrogen) atoms. The third-order valence-electron chi connectivity index (χ3n) is 2.54. The van der Waals surface area contributed by atoms with E-state index < -0.39 is 17.6 Å². The number of benzene rings is 1. The standard InChI is InChI=1S/C13H9F4NO/c1-19-11-3-2-6-18-12(11)9-5-4-8(7-10(9)14)13(15,16)17/h2-7H,1H3. The van der Waals surface area contributed by atoms with E-state index in [1.54, 1.807) is 12.1 Å². The number of methoxy groups -OCH3 is 1. The normalized spacial score (nSPS) is 11.4. The maximum Gasteiger partial charge on any atom is 0.416 e. The number of hydrogen-bond donors (Lipinski definition) is 0. The second-order valence-electron chi connectivity index (χ2n) is 3.75. The summed E-state index contributed by atoms with van der Waals surface area (Å²) in [6.45, 7) is 0. The molecule has 1 aromatic carbocycles. The van der Waals surface area contributed by atoms with Crippen molar-refractivity contribution in [2.75, 3.05) is 7.11 Å². The Labute approximate surface area is 106 Å². The molecule has 1 aromatic heterocycles. The van der Waals surface area contributed by atoms with Crippen LogP contribution in [0.15, 0.2) is 36.5 Å². The van der Waals surface area contributed by atoms with E-state index in [9.17, 15) is 17.6 Å². The third-order valence-corrected chi connectivity index (χ3v) is 2.54. The van der Waals surface area contributed by atoms with Gasteiger partial charge >= 0.3 is 6.18 Å². The van der Waals surface area contributed by atoms with Crippen molar-refractivity contribution in [3.8, 4) is 17.0 Å². The minimum Gasteiger partial charge on any atom is -0.494 e. The second-order valence-corrected chi connectivity index (χ2v) is 3.75. The van der Waals surface area contributed by atoms with E-state index in [1.807, 2.05) is 0 Å². The molecule has 100 valence electrons. The number of rotatable bonds is 2. The molecule has 0 unspecified atom stereocenters. The first-order chi connectivity index (χ1) is 8.93. The highest BCUT2D eigenvalue weighted by Crippen LogP contribution is 2.34. The molecule has 6 heteroatoms. The lowest BCUT2D eigenvalue weighted by atomic mass is 10.1. The van der Waals surface area contributed by atoms with Crippen LogP contribution in [0.2, 0.25) is 0 Å². The highest BCUT2D eigenvalue weighted by molar-refractivity contribution is 5.67. The summed E-state index contributed by atoms with van der Waals surface area (Å²) < 4.78 is 56.1. The van der Waals surface area contributed by atoms with Gasteiger partial charge in [0.05, 0.1) is 12.7 Å². The van der Waals surface area contributed by atoms with E-state index in [0.29, 0.717) is 11.8 Å². The van der Waals surface area contributed by atoms with Crippen LogP contribution in [-0.4, -0.2) is 12.1 Å². The van der Waals surface area contributed by atoms with Gasteiger partial charge in [-0.2, -0.15) is 13.2 Å². The molecule has 0 aliphatic heterocycles.